The van der Waals surface area contributed by atoms with E-state index in [4.69, 9.17) is 14.6 Å². The topological polar surface area (TPSA) is 130 Å². The van der Waals surface area contributed by atoms with Crippen LogP contribution in [0.4, 0.5) is 0 Å². The summed E-state index contributed by atoms with van der Waals surface area (Å²) in [6, 6.07) is 0. The number of carboxylic acids is 1. The number of carbonyl (C=O) groups excluding carboxylic acids is 2. The van der Waals surface area contributed by atoms with E-state index in [0.717, 1.165) is 43.3 Å². The third-order valence-electron chi connectivity index (χ3n) is 12.5. The molecular formula is C37H56O8. The van der Waals surface area contributed by atoms with Crippen molar-refractivity contribution in [2.75, 3.05) is 6.61 Å². The second kappa shape index (κ2) is 13.0. The molecule has 8 heteroatoms. The van der Waals surface area contributed by atoms with Crippen molar-refractivity contribution >= 4 is 17.9 Å². The molecule has 0 bridgehead atoms. The highest BCUT2D eigenvalue weighted by atomic mass is 16.6. The number of carbonyl (C=O) groups is 3. The summed E-state index contributed by atoms with van der Waals surface area (Å²) in [5.74, 6) is -1.40. The first-order valence-corrected chi connectivity index (χ1v) is 16.9. The molecule has 252 valence electrons. The molecule has 45 heavy (non-hydrogen) atoms. The fourth-order valence-electron chi connectivity index (χ4n) is 9.93. The molecule has 4 aliphatic carbocycles. The summed E-state index contributed by atoms with van der Waals surface area (Å²) < 4.78 is 11.6. The van der Waals surface area contributed by atoms with Crippen LogP contribution in [-0.2, 0) is 23.9 Å². The van der Waals surface area contributed by atoms with Gasteiger partial charge in [-0.15, -0.1) is 0 Å². The van der Waals surface area contributed by atoms with Crippen molar-refractivity contribution in [3.63, 3.8) is 0 Å². The van der Waals surface area contributed by atoms with Crippen molar-refractivity contribution in [1.29, 1.82) is 0 Å². The van der Waals surface area contributed by atoms with E-state index in [-0.39, 0.29) is 37.2 Å². The van der Waals surface area contributed by atoms with Gasteiger partial charge in [-0.05, 0) is 89.7 Å². The van der Waals surface area contributed by atoms with Crippen molar-refractivity contribution in [2.24, 2.45) is 45.8 Å². The smallest absolute Gasteiger partial charge is 0.306 e. The number of fused-ring (bicyclic) bond motifs is 4. The Balaban J connectivity index is 1.67. The lowest BCUT2D eigenvalue weighted by Crippen LogP contribution is -2.62. The van der Waals surface area contributed by atoms with Gasteiger partial charge in [-0.1, -0.05) is 66.7 Å². The van der Waals surface area contributed by atoms with E-state index in [1.165, 1.54) is 18.1 Å². The lowest BCUT2D eigenvalue weighted by atomic mass is 9.43. The largest absolute Gasteiger partial charge is 0.481 e. The highest BCUT2D eigenvalue weighted by Gasteiger charge is 2.65. The molecule has 1 fully saturated rings. The zero-order valence-electron chi connectivity index (χ0n) is 28.7. The summed E-state index contributed by atoms with van der Waals surface area (Å²) in [5.41, 5.74) is 2.90. The monoisotopic (exact) mass is 628 g/mol. The maximum atomic E-state index is 12.6. The minimum absolute atomic E-state index is 0.00968. The Morgan fingerprint density at radius 3 is 2.33 bits per heavy atom. The Kier molecular flexibility index (Phi) is 10.2. The van der Waals surface area contributed by atoms with Crippen LogP contribution in [-0.4, -0.2) is 58.1 Å². The van der Waals surface area contributed by atoms with E-state index in [1.807, 2.05) is 0 Å². The van der Waals surface area contributed by atoms with Gasteiger partial charge in [-0.25, -0.2) is 0 Å². The molecule has 0 radical (unpaired) electrons. The fourth-order valence-corrected chi connectivity index (χ4v) is 9.93. The fraction of sp³-hybridized carbons (Fsp3) is 0.757. The second-order valence-corrected chi connectivity index (χ2v) is 15.7. The Labute approximate surface area is 269 Å². The van der Waals surface area contributed by atoms with Crippen LogP contribution in [0, 0.1) is 45.8 Å². The normalized spacial score (nSPS) is 35.9. The zero-order valence-corrected chi connectivity index (χ0v) is 28.7. The van der Waals surface area contributed by atoms with E-state index >= 15 is 0 Å². The van der Waals surface area contributed by atoms with E-state index in [2.05, 4.69) is 61.1 Å². The molecule has 0 saturated heterocycles. The number of aliphatic carboxylic acids is 1. The number of aliphatic hydroxyl groups is 2. The van der Waals surface area contributed by atoms with Crippen LogP contribution in [0.3, 0.4) is 0 Å². The standard InChI is InChI=1S/C37H56O8/c1-20(2)21(3)10-11-22(4)25-13-14-26-24-12-15-29-35(6,7)27(19-44-31(42)17-16-30(40)41)28(39)18-36(29,8)32(24)33(43)34(37(25,26)9)45-23(5)38/h14,20,22,25,27-29,33-34,39,43H,3,10-13,15-19H2,1-2,4-9H3,(H,40,41)/t22-,25-,27+,28-,29+,33-,34+,36+,37-/m1/s1. The van der Waals surface area contributed by atoms with Crippen molar-refractivity contribution in [2.45, 2.75) is 125 Å². The molecule has 0 amide bonds. The first-order chi connectivity index (χ1) is 20.9. The predicted molar refractivity (Wildman–Crippen MR) is 172 cm³/mol. The molecule has 0 spiro atoms. The van der Waals surface area contributed by atoms with Gasteiger partial charge in [0, 0.05) is 18.3 Å². The molecule has 9 atom stereocenters. The minimum atomic E-state index is -1.06. The van der Waals surface area contributed by atoms with E-state index in [9.17, 15) is 24.6 Å². The Morgan fingerprint density at radius 1 is 1.07 bits per heavy atom. The summed E-state index contributed by atoms with van der Waals surface area (Å²) in [5, 5.41) is 32.9. The molecule has 4 aliphatic rings. The highest BCUT2D eigenvalue weighted by molar-refractivity contribution is 5.76. The van der Waals surface area contributed by atoms with Crippen LogP contribution in [0.1, 0.15) is 107 Å². The number of hydrogen-bond acceptors (Lipinski definition) is 7. The van der Waals surface area contributed by atoms with E-state index in [0.29, 0.717) is 18.3 Å². The van der Waals surface area contributed by atoms with Crippen LogP contribution in [0.2, 0.25) is 0 Å². The van der Waals surface area contributed by atoms with Gasteiger partial charge in [0.15, 0.2) is 0 Å². The van der Waals surface area contributed by atoms with E-state index < -0.39 is 52.5 Å². The van der Waals surface area contributed by atoms with Crippen LogP contribution in [0.5, 0.6) is 0 Å². The van der Waals surface area contributed by atoms with Crippen molar-refractivity contribution < 1.29 is 39.2 Å². The van der Waals surface area contributed by atoms with Gasteiger partial charge in [-0.2, -0.15) is 0 Å². The van der Waals surface area contributed by atoms with Gasteiger partial charge in [0.2, 0.25) is 0 Å². The van der Waals surface area contributed by atoms with Crippen LogP contribution >= 0.6 is 0 Å². The van der Waals surface area contributed by atoms with Crippen LogP contribution < -0.4 is 0 Å². The number of carboxylic acid groups (broad SMARTS) is 1. The molecule has 8 nitrogen and oxygen atoms in total. The van der Waals surface area contributed by atoms with Crippen molar-refractivity contribution in [3.8, 4) is 0 Å². The number of aliphatic hydroxyl groups excluding tert-OH is 2. The van der Waals surface area contributed by atoms with Gasteiger partial charge in [0.1, 0.15) is 12.2 Å². The maximum absolute atomic E-state index is 12.6. The summed E-state index contributed by atoms with van der Waals surface area (Å²) in [7, 11) is 0. The lowest BCUT2D eigenvalue weighted by Gasteiger charge is -2.62. The minimum Gasteiger partial charge on any atom is -0.481 e. The second-order valence-electron chi connectivity index (χ2n) is 15.7. The number of rotatable bonds is 11. The summed E-state index contributed by atoms with van der Waals surface area (Å²) in [6.07, 6.45) is 4.04. The van der Waals surface area contributed by atoms with Crippen LogP contribution in [0.25, 0.3) is 0 Å². The number of ether oxygens (including phenoxy) is 2. The average molecular weight is 629 g/mol. The molecule has 0 aromatic carbocycles. The first kappa shape index (κ1) is 35.4. The quantitative estimate of drug-likeness (QED) is 0.177. The van der Waals surface area contributed by atoms with Crippen LogP contribution in [0.15, 0.2) is 34.9 Å². The Morgan fingerprint density at radius 2 is 1.73 bits per heavy atom. The zero-order chi connectivity index (χ0) is 33.6. The Bertz CT molecular complexity index is 1260. The number of allylic oxidation sites excluding steroid dienone is 3. The maximum Gasteiger partial charge on any atom is 0.306 e. The summed E-state index contributed by atoms with van der Waals surface area (Å²) in [4.78, 5) is 35.7. The highest BCUT2D eigenvalue weighted by Crippen LogP contribution is 2.68. The van der Waals surface area contributed by atoms with Gasteiger partial charge < -0.3 is 24.8 Å². The van der Waals surface area contributed by atoms with Gasteiger partial charge in [-0.3, -0.25) is 14.4 Å². The molecular weight excluding hydrogens is 572 g/mol. The third kappa shape index (κ3) is 6.30. The third-order valence-corrected chi connectivity index (χ3v) is 12.5. The molecule has 4 rings (SSSR count). The van der Waals surface area contributed by atoms with Crippen molar-refractivity contribution in [3.05, 3.63) is 34.9 Å². The molecule has 0 heterocycles. The SMILES string of the molecule is C=C(CC[C@@H](C)[C@H]1CC=C2C3=C([C@@H](O)[C@H](OC(C)=O)[C@@]21C)[C@@]1(C)C[C@@H](O)[C@H](COC(=O)CCC(=O)O)C(C)(C)[C@@H]1CC3)C(C)C. The molecule has 0 aromatic heterocycles. The summed E-state index contributed by atoms with van der Waals surface area (Å²) >= 11 is 0. The molecule has 0 unspecified atom stereocenters. The number of hydrogen-bond donors (Lipinski definition) is 3. The van der Waals surface area contributed by atoms with Crippen molar-refractivity contribution in [1.82, 2.24) is 0 Å². The molecule has 0 aromatic rings. The molecule has 3 N–H and O–H groups in total. The average Bonchev–Trinajstić information content (AvgIpc) is 3.29. The lowest BCUT2D eigenvalue weighted by molar-refractivity contribution is -0.174. The molecule has 0 aliphatic heterocycles. The van der Waals surface area contributed by atoms with Gasteiger partial charge in [0.25, 0.3) is 0 Å². The van der Waals surface area contributed by atoms with E-state index in [1.54, 1.807) is 0 Å². The number of esters is 2. The first-order valence-electron chi connectivity index (χ1n) is 16.9. The Hall–Kier alpha value is -2.45. The molecule has 1 saturated carbocycles. The van der Waals surface area contributed by atoms with Gasteiger partial charge in [0.05, 0.1) is 25.6 Å². The summed E-state index contributed by atoms with van der Waals surface area (Å²) in [6.45, 7) is 20.8. The van der Waals surface area contributed by atoms with Gasteiger partial charge >= 0.3 is 17.9 Å². The predicted octanol–water partition coefficient (Wildman–Crippen LogP) is 6.40.